The summed E-state index contributed by atoms with van der Waals surface area (Å²) in [4.78, 5) is 43.2. The highest BCUT2D eigenvalue weighted by molar-refractivity contribution is 9.10. The summed E-state index contributed by atoms with van der Waals surface area (Å²) in [6, 6.07) is 10.7. The van der Waals surface area contributed by atoms with Gasteiger partial charge in [0, 0.05) is 48.0 Å². The van der Waals surface area contributed by atoms with Gasteiger partial charge in [-0.2, -0.15) is 0 Å². The maximum Gasteiger partial charge on any atom is 0.293 e. The number of carbonyl (C=O) groups excluding carboxylic acids is 2. The summed E-state index contributed by atoms with van der Waals surface area (Å²) in [6.07, 6.45) is 1.60. The van der Waals surface area contributed by atoms with E-state index in [0.29, 0.717) is 63.9 Å². The van der Waals surface area contributed by atoms with E-state index in [0.717, 1.165) is 27.5 Å². The van der Waals surface area contributed by atoms with Crippen molar-refractivity contribution in [1.82, 2.24) is 4.90 Å². The minimum Gasteiger partial charge on any atom is -0.378 e. The Morgan fingerprint density at radius 1 is 0.973 bits per heavy atom. The summed E-state index contributed by atoms with van der Waals surface area (Å²) < 4.78 is 11.8. The summed E-state index contributed by atoms with van der Waals surface area (Å²) in [5, 5.41) is 11.7. The van der Waals surface area contributed by atoms with Gasteiger partial charge >= 0.3 is 0 Å². The SMILES string of the molecule is O=C1S/C(=C\c2cc([N+](=O)[O-])c(N3CCOCC3)cc2N2CCOCC2)C(=O)N1Cc1ccccc1Br. The Morgan fingerprint density at radius 2 is 1.59 bits per heavy atom. The third-order valence-electron chi connectivity index (χ3n) is 6.47. The van der Waals surface area contributed by atoms with Crippen molar-refractivity contribution in [2.75, 3.05) is 62.4 Å². The highest BCUT2D eigenvalue weighted by Crippen LogP contribution is 2.40. The van der Waals surface area contributed by atoms with Gasteiger partial charge in [-0.15, -0.1) is 0 Å². The van der Waals surface area contributed by atoms with Crippen LogP contribution in [-0.4, -0.2) is 73.6 Å². The van der Waals surface area contributed by atoms with Crippen molar-refractivity contribution < 1.29 is 24.0 Å². The summed E-state index contributed by atoms with van der Waals surface area (Å²) in [5.41, 5.74) is 2.59. The number of rotatable bonds is 6. The second-order valence-electron chi connectivity index (χ2n) is 8.71. The number of benzene rings is 2. The Hall–Kier alpha value is -2.93. The molecule has 2 aromatic carbocycles. The smallest absolute Gasteiger partial charge is 0.293 e. The Kier molecular flexibility index (Phi) is 7.79. The van der Waals surface area contributed by atoms with Crippen molar-refractivity contribution in [2.45, 2.75) is 6.54 Å². The van der Waals surface area contributed by atoms with Gasteiger partial charge in [0.25, 0.3) is 16.8 Å². The molecule has 2 aromatic rings. The van der Waals surface area contributed by atoms with Gasteiger partial charge < -0.3 is 19.3 Å². The van der Waals surface area contributed by atoms with Crippen molar-refractivity contribution in [1.29, 1.82) is 0 Å². The highest BCUT2D eigenvalue weighted by Gasteiger charge is 2.36. The number of nitrogens with zero attached hydrogens (tertiary/aromatic N) is 4. The van der Waals surface area contributed by atoms with Gasteiger partial charge in [0.05, 0.1) is 42.8 Å². The molecule has 3 fully saturated rings. The molecule has 0 bridgehead atoms. The Balaban J connectivity index is 1.53. The van der Waals surface area contributed by atoms with E-state index in [1.54, 1.807) is 6.08 Å². The molecule has 0 aromatic heterocycles. The van der Waals surface area contributed by atoms with Crippen LogP contribution in [0.3, 0.4) is 0 Å². The summed E-state index contributed by atoms with van der Waals surface area (Å²) in [7, 11) is 0. The number of anilines is 2. The molecule has 0 saturated carbocycles. The van der Waals surface area contributed by atoms with E-state index in [-0.39, 0.29) is 22.4 Å². The number of amides is 2. The number of ether oxygens (including phenoxy) is 2. The molecule has 2 amide bonds. The molecule has 3 aliphatic heterocycles. The van der Waals surface area contributed by atoms with Crippen LogP contribution in [0.15, 0.2) is 45.8 Å². The lowest BCUT2D eigenvalue weighted by Crippen LogP contribution is -2.38. The quantitative estimate of drug-likeness (QED) is 0.278. The number of morpholine rings is 2. The summed E-state index contributed by atoms with van der Waals surface area (Å²) >= 11 is 4.31. The molecule has 3 heterocycles. The predicted molar refractivity (Wildman–Crippen MR) is 145 cm³/mol. The maximum atomic E-state index is 13.3. The van der Waals surface area contributed by atoms with Gasteiger partial charge in [0.1, 0.15) is 5.69 Å². The van der Waals surface area contributed by atoms with E-state index in [1.165, 1.54) is 11.0 Å². The normalized spacial score (nSPS) is 19.7. The number of carbonyl (C=O) groups is 2. The molecule has 0 N–H and O–H groups in total. The molecule has 12 heteroatoms. The van der Waals surface area contributed by atoms with E-state index in [9.17, 15) is 19.7 Å². The molecule has 194 valence electrons. The number of halogens is 1. The summed E-state index contributed by atoms with van der Waals surface area (Å²) in [5.74, 6) is -0.418. The lowest BCUT2D eigenvalue weighted by atomic mass is 10.1. The van der Waals surface area contributed by atoms with Gasteiger partial charge in [0.15, 0.2) is 0 Å². The molecule has 10 nitrogen and oxygen atoms in total. The fourth-order valence-corrected chi connectivity index (χ4v) is 5.79. The van der Waals surface area contributed by atoms with E-state index in [1.807, 2.05) is 35.2 Å². The van der Waals surface area contributed by atoms with Crippen LogP contribution in [0, 0.1) is 10.1 Å². The number of hydrogen-bond donors (Lipinski definition) is 0. The lowest BCUT2D eigenvalue weighted by molar-refractivity contribution is -0.384. The van der Waals surface area contributed by atoms with Crippen LogP contribution in [0.25, 0.3) is 6.08 Å². The highest BCUT2D eigenvalue weighted by atomic mass is 79.9. The zero-order chi connectivity index (χ0) is 25.9. The maximum absolute atomic E-state index is 13.3. The first-order valence-electron chi connectivity index (χ1n) is 11.9. The van der Waals surface area contributed by atoms with E-state index < -0.39 is 10.8 Å². The lowest BCUT2D eigenvalue weighted by Gasteiger charge is -2.33. The molecule has 0 radical (unpaired) electrons. The van der Waals surface area contributed by atoms with Crippen molar-refractivity contribution >= 4 is 62.0 Å². The fraction of sp³-hybridized carbons (Fsp3) is 0.360. The molecule has 0 atom stereocenters. The number of nitro groups is 1. The fourth-order valence-electron chi connectivity index (χ4n) is 4.55. The number of hydrogen-bond acceptors (Lipinski definition) is 9. The monoisotopic (exact) mass is 588 g/mol. The second kappa shape index (κ2) is 11.2. The van der Waals surface area contributed by atoms with Crippen molar-refractivity contribution in [3.8, 4) is 0 Å². The zero-order valence-electron chi connectivity index (χ0n) is 19.9. The topological polar surface area (TPSA) is 105 Å². The van der Waals surface area contributed by atoms with Gasteiger partial charge in [-0.25, -0.2) is 0 Å². The molecular weight excluding hydrogens is 564 g/mol. The van der Waals surface area contributed by atoms with Crippen LogP contribution in [-0.2, 0) is 20.8 Å². The third-order valence-corrected chi connectivity index (χ3v) is 8.15. The van der Waals surface area contributed by atoms with Gasteiger partial charge in [0.2, 0.25) is 0 Å². The number of imide groups is 1. The zero-order valence-corrected chi connectivity index (χ0v) is 22.3. The van der Waals surface area contributed by atoms with E-state index in [2.05, 4.69) is 20.8 Å². The summed E-state index contributed by atoms with van der Waals surface area (Å²) in [6.45, 7) is 4.53. The second-order valence-corrected chi connectivity index (χ2v) is 10.6. The molecule has 5 rings (SSSR count). The van der Waals surface area contributed by atoms with Crippen LogP contribution < -0.4 is 9.80 Å². The molecule has 0 spiro atoms. The molecule has 37 heavy (non-hydrogen) atoms. The molecule has 0 unspecified atom stereocenters. The van der Waals surface area contributed by atoms with Crippen LogP contribution in [0.5, 0.6) is 0 Å². The van der Waals surface area contributed by atoms with Crippen LogP contribution >= 0.6 is 27.7 Å². The molecule has 3 aliphatic rings. The van der Waals surface area contributed by atoms with Crippen LogP contribution in [0.4, 0.5) is 21.9 Å². The number of nitro benzene ring substituents is 1. The molecule has 3 saturated heterocycles. The van der Waals surface area contributed by atoms with Crippen molar-refractivity contribution in [3.05, 3.63) is 67.0 Å². The predicted octanol–water partition coefficient (Wildman–Crippen LogP) is 4.27. The standard InChI is InChI=1S/C25H25BrN4O6S/c26-19-4-2-1-3-17(19)16-29-24(31)23(37-25(29)32)14-18-13-22(30(33)34)21(28-7-11-36-12-8-28)15-20(18)27-5-9-35-10-6-27/h1-4,13-15H,5-12,16H2/b23-14-. The Morgan fingerprint density at radius 3 is 2.22 bits per heavy atom. The van der Waals surface area contributed by atoms with E-state index in [4.69, 9.17) is 9.47 Å². The number of thioether (sulfide) groups is 1. The third kappa shape index (κ3) is 5.52. The van der Waals surface area contributed by atoms with Crippen molar-refractivity contribution in [2.24, 2.45) is 0 Å². The van der Waals surface area contributed by atoms with Gasteiger partial charge in [-0.1, -0.05) is 34.1 Å². The molecule has 0 aliphatic carbocycles. The average Bonchev–Trinajstić information content (AvgIpc) is 3.18. The Labute approximate surface area is 226 Å². The minimum atomic E-state index is -0.418. The first-order valence-corrected chi connectivity index (χ1v) is 13.5. The van der Waals surface area contributed by atoms with Gasteiger partial charge in [-0.3, -0.25) is 24.6 Å². The average molecular weight is 589 g/mol. The Bertz CT molecular complexity index is 1260. The molecular formula is C25H25BrN4O6S. The first-order chi connectivity index (χ1) is 17.9. The first kappa shape index (κ1) is 25.7. The van der Waals surface area contributed by atoms with Gasteiger partial charge in [-0.05, 0) is 35.5 Å². The van der Waals surface area contributed by atoms with Crippen LogP contribution in [0.1, 0.15) is 11.1 Å². The van der Waals surface area contributed by atoms with E-state index >= 15 is 0 Å². The van der Waals surface area contributed by atoms with Crippen LogP contribution in [0.2, 0.25) is 0 Å². The minimum absolute atomic E-state index is 0.0439. The largest absolute Gasteiger partial charge is 0.378 e. The van der Waals surface area contributed by atoms with Crippen molar-refractivity contribution in [3.63, 3.8) is 0 Å².